The minimum Gasteiger partial charge on any atom is -0.378 e. The van der Waals surface area contributed by atoms with Crippen molar-refractivity contribution >= 4 is 46.3 Å². The van der Waals surface area contributed by atoms with E-state index in [0.29, 0.717) is 16.8 Å². The molecule has 1 aromatic heterocycles. The normalized spacial score (nSPS) is 11.7. The highest BCUT2D eigenvalue weighted by Crippen LogP contribution is 2.40. The molecule has 12 heteroatoms. The maximum absolute atomic E-state index is 12.7. The molecule has 0 atom stereocenters. The van der Waals surface area contributed by atoms with Crippen molar-refractivity contribution < 1.29 is 18.1 Å². The molecule has 6 nitrogen and oxygen atoms in total. The lowest BCUT2D eigenvalue weighted by atomic mass is 10.2. The van der Waals surface area contributed by atoms with E-state index < -0.39 is 43.4 Å². The molecule has 0 bridgehead atoms. The molecule has 0 saturated heterocycles. The Morgan fingerprint density at radius 3 is 2.09 bits per heavy atom. The number of halogens is 6. The zero-order valence-corrected chi connectivity index (χ0v) is 12.4. The van der Waals surface area contributed by atoms with E-state index in [1.54, 1.807) is 0 Å². The Morgan fingerprint density at radius 1 is 1.23 bits per heavy atom. The lowest BCUT2D eigenvalue weighted by Gasteiger charge is -2.12. The Labute approximate surface area is 135 Å². The lowest BCUT2D eigenvalue weighted by molar-refractivity contribution is -0.383. The molecule has 0 amide bonds. The molecule has 118 valence electrons. The van der Waals surface area contributed by atoms with Crippen LogP contribution in [-0.4, -0.2) is 14.7 Å². The highest BCUT2D eigenvalue weighted by Gasteiger charge is 2.33. The fourth-order valence-corrected chi connectivity index (χ4v) is 2.55. The van der Waals surface area contributed by atoms with Crippen LogP contribution in [0.5, 0.6) is 0 Å². The van der Waals surface area contributed by atoms with Crippen LogP contribution in [0.25, 0.3) is 5.69 Å². The second-order valence-electron chi connectivity index (χ2n) is 3.98. The maximum Gasteiger partial charge on any atom is 0.416 e. The third-order valence-electron chi connectivity index (χ3n) is 2.59. The Morgan fingerprint density at radius 2 is 1.73 bits per heavy atom. The maximum atomic E-state index is 12.7. The first-order chi connectivity index (χ1) is 10.0. The quantitative estimate of drug-likeness (QED) is 0.625. The van der Waals surface area contributed by atoms with Crippen LogP contribution in [0.1, 0.15) is 5.56 Å². The number of nitrogens with two attached hydrogens (primary N) is 1. The van der Waals surface area contributed by atoms with E-state index in [0.717, 1.165) is 0 Å². The Bertz CT molecular complexity index is 753. The molecule has 0 fully saturated rings. The van der Waals surface area contributed by atoms with Gasteiger partial charge in [-0.15, -0.1) is 5.10 Å². The monoisotopic (exact) mass is 374 g/mol. The number of hydrogen-bond acceptors (Lipinski definition) is 4. The van der Waals surface area contributed by atoms with Gasteiger partial charge in [0.2, 0.25) is 11.0 Å². The van der Waals surface area contributed by atoms with E-state index in [1.165, 1.54) is 0 Å². The zero-order chi connectivity index (χ0) is 16.8. The van der Waals surface area contributed by atoms with Crippen LogP contribution >= 0.6 is 34.8 Å². The number of hydrogen-bond donors (Lipinski definition) is 1. The van der Waals surface area contributed by atoms with Crippen molar-refractivity contribution in [1.82, 2.24) is 9.78 Å². The molecule has 0 radical (unpaired) electrons. The summed E-state index contributed by atoms with van der Waals surface area (Å²) in [6, 6.07) is 1.20. The summed E-state index contributed by atoms with van der Waals surface area (Å²) in [5.74, 6) is -0.515. The summed E-state index contributed by atoms with van der Waals surface area (Å²) in [5, 5.41) is 13.0. The van der Waals surface area contributed by atoms with Gasteiger partial charge in [0.05, 0.1) is 20.5 Å². The summed E-state index contributed by atoms with van der Waals surface area (Å²) in [6.07, 6.45) is -4.66. The number of rotatable bonds is 2. The van der Waals surface area contributed by atoms with E-state index >= 15 is 0 Å². The number of aromatic nitrogens is 2. The first kappa shape index (κ1) is 16.7. The SMILES string of the molecule is Nc1c([N+](=O)[O-])c(Cl)nn1-c1c(Cl)cc(C(F)(F)F)cc1Cl. The standard InChI is InChI=1S/C10H4Cl3F3N4O2/c11-4-1-3(10(14,15)16)2-5(12)6(4)19-9(17)7(20(21)22)8(13)18-19/h1-2H,17H2. The van der Waals surface area contributed by atoms with Gasteiger partial charge in [0.25, 0.3) is 0 Å². The summed E-state index contributed by atoms with van der Waals surface area (Å²) >= 11 is 17.1. The molecule has 22 heavy (non-hydrogen) atoms. The molecule has 0 spiro atoms. The van der Waals surface area contributed by atoms with E-state index in [9.17, 15) is 23.3 Å². The number of nitrogens with zero attached hydrogens (tertiary/aromatic N) is 3. The molecule has 1 heterocycles. The largest absolute Gasteiger partial charge is 0.416 e. The highest BCUT2D eigenvalue weighted by atomic mass is 35.5. The molecule has 0 aliphatic heterocycles. The molecule has 0 aliphatic carbocycles. The third-order valence-corrected chi connectivity index (χ3v) is 3.42. The van der Waals surface area contributed by atoms with Crippen LogP contribution in [0, 0.1) is 10.1 Å². The van der Waals surface area contributed by atoms with Gasteiger partial charge in [-0.2, -0.15) is 13.2 Å². The minimum atomic E-state index is -4.66. The summed E-state index contributed by atoms with van der Waals surface area (Å²) in [7, 11) is 0. The van der Waals surface area contributed by atoms with Gasteiger partial charge in [0.1, 0.15) is 5.69 Å². The van der Waals surface area contributed by atoms with Crippen LogP contribution in [0.4, 0.5) is 24.7 Å². The lowest BCUT2D eigenvalue weighted by Crippen LogP contribution is -2.08. The van der Waals surface area contributed by atoms with Gasteiger partial charge >= 0.3 is 11.9 Å². The van der Waals surface area contributed by atoms with Crippen molar-refractivity contribution in [1.29, 1.82) is 0 Å². The van der Waals surface area contributed by atoms with Crippen molar-refractivity contribution in [3.05, 3.63) is 43.0 Å². The second kappa shape index (κ2) is 5.49. The van der Waals surface area contributed by atoms with Gasteiger partial charge in [-0.3, -0.25) is 10.1 Å². The second-order valence-corrected chi connectivity index (χ2v) is 5.15. The summed E-state index contributed by atoms with van der Waals surface area (Å²) in [6.45, 7) is 0. The number of anilines is 1. The topological polar surface area (TPSA) is 87.0 Å². The fraction of sp³-hybridized carbons (Fsp3) is 0.100. The Hall–Kier alpha value is -1.71. The number of alkyl halides is 3. The van der Waals surface area contributed by atoms with Gasteiger partial charge in [0, 0.05) is 0 Å². The molecular weight excluding hydrogens is 371 g/mol. The molecule has 0 aliphatic rings. The van der Waals surface area contributed by atoms with Gasteiger partial charge in [-0.05, 0) is 12.1 Å². The molecule has 0 saturated carbocycles. The van der Waals surface area contributed by atoms with Crippen LogP contribution in [0.2, 0.25) is 15.2 Å². The minimum absolute atomic E-state index is 0.246. The third kappa shape index (κ3) is 2.79. The fourth-order valence-electron chi connectivity index (χ4n) is 1.67. The molecule has 2 N–H and O–H groups in total. The van der Waals surface area contributed by atoms with Gasteiger partial charge in [0.15, 0.2) is 0 Å². The molecule has 1 aromatic carbocycles. The van der Waals surface area contributed by atoms with Crippen LogP contribution < -0.4 is 5.73 Å². The van der Waals surface area contributed by atoms with E-state index in [2.05, 4.69) is 5.10 Å². The van der Waals surface area contributed by atoms with Crippen molar-refractivity contribution in [3.8, 4) is 5.69 Å². The smallest absolute Gasteiger partial charge is 0.378 e. The van der Waals surface area contributed by atoms with Crippen molar-refractivity contribution in [2.24, 2.45) is 0 Å². The van der Waals surface area contributed by atoms with Gasteiger partial charge in [-0.25, -0.2) is 4.68 Å². The summed E-state index contributed by atoms with van der Waals surface area (Å²) < 4.78 is 38.7. The number of benzene rings is 1. The van der Waals surface area contributed by atoms with E-state index in [-0.39, 0.29) is 5.69 Å². The van der Waals surface area contributed by atoms with Crippen LogP contribution in [0.15, 0.2) is 12.1 Å². The number of nitro groups is 1. The molecule has 2 rings (SSSR count). The molecular formula is C10H4Cl3F3N4O2. The first-order valence-corrected chi connectivity index (χ1v) is 6.42. The highest BCUT2D eigenvalue weighted by molar-refractivity contribution is 6.38. The van der Waals surface area contributed by atoms with E-state index in [1.807, 2.05) is 0 Å². The zero-order valence-electron chi connectivity index (χ0n) is 10.2. The Kier molecular flexibility index (Phi) is 4.16. The van der Waals surface area contributed by atoms with Gasteiger partial charge < -0.3 is 5.73 Å². The van der Waals surface area contributed by atoms with Crippen LogP contribution in [-0.2, 0) is 6.18 Å². The van der Waals surface area contributed by atoms with E-state index in [4.69, 9.17) is 40.5 Å². The van der Waals surface area contributed by atoms with Gasteiger partial charge in [-0.1, -0.05) is 34.8 Å². The van der Waals surface area contributed by atoms with Crippen molar-refractivity contribution in [3.63, 3.8) is 0 Å². The number of nitrogen functional groups attached to an aromatic ring is 1. The molecule has 0 unspecified atom stereocenters. The van der Waals surface area contributed by atoms with Crippen LogP contribution in [0.3, 0.4) is 0 Å². The van der Waals surface area contributed by atoms with Crippen molar-refractivity contribution in [2.45, 2.75) is 6.18 Å². The molecule has 2 aromatic rings. The van der Waals surface area contributed by atoms with Crippen molar-refractivity contribution in [2.75, 3.05) is 5.73 Å². The summed E-state index contributed by atoms with van der Waals surface area (Å²) in [4.78, 5) is 9.93. The summed E-state index contributed by atoms with van der Waals surface area (Å²) in [5.41, 5.74) is 3.50. The predicted octanol–water partition coefficient (Wildman–Crippen LogP) is 4.34. The Balaban J connectivity index is 2.70. The first-order valence-electron chi connectivity index (χ1n) is 5.29. The predicted molar refractivity (Wildman–Crippen MR) is 74.7 cm³/mol. The average molecular weight is 376 g/mol. The average Bonchev–Trinajstić information content (AvgIpc) is 2.62.